The van der Waals surface area contributed by atoms with Crippen molar-refractivity contribution in [2.24, 2.45) is 5.92 Å². The number of amides is 2. The van der Waals surface area contributed by atoms with Crippen LogP contribution in [0.15, 0.2) is 5.38 Å². The Kier molecular flexibility index (Phi) is 4.49. The molecule has 0 radical (unpaired) electrons. The number of aliphatic hydroxyl groups is 1. The Balaban J connectivity index is 1.96. The van der Waals surface area contributed by atoms with E-state index < -0.39 is 0 Å². The maximum Gasteiger partial charge on any atom is 0.271 e. The number of carbonyl (C=O) groups excluding carboxylic acids is 2. The Hall–Kier alpha value is -1.47. The number of aromatic nitrogens is 1. The van der Waals surface area contributed by atoms with Gasteiger partial charge in [-0.25, -0.2) is 4.98 Å². The van der Waals surface area contributed by atoms with Gasteiger partial charge in [-0.15, -0.1) is 11.3 Å². The van der Waals surface area contributed by atoms with Crippen LogP contribution in [0.4, 0.5) is 5.13 Å². The van der Waals surface area contributed by atoms with E-state index in [4.69, 9.17) is 0 Å². The van der Waals surface area contributed by atoms with Crippen LogP contribution in [-0.2, 0) is 4.79 Å². The highest BCUT2D eigenvalue weighted by Gasteiger charge is 2.28. The summed E-state index contributed by atoms with van der Waals surface area (Å²) in [5.74, 6) is -0.326. The smallest absolute Gasteiger partial charge is 0.271 e. The Morgan fingerprint density at radius 1 is 1.53 bits per heavy atom. The van der Waals surface area contributed by atoms with Gasteiger partial charge in [0.05, 0.1) is 0 Å². The van der Waals surface area contributed by atoms with Crippen molar-refractivity contribution in [1.82, 2.24) is 10.3 Å². The number of anilines is 1. The van der Waals surface area contributed by atoms with Gasteiger partial charge in [-0.3, -0.25) is 9.59 Å². The SMILES string of the molecule is CC(=O)Nc1nc(C(=O)NC2CCCC2CO)cs1. The van der Waals surface area contributed by atoms with Crippen LogP contribution in [0.3, 0.4) is 0 Å². The molecule has 2 rings (SSSR count). The van der Waals surface area contributed by atoms with Crippen molar-refractivity contribution >= 4 is 28.3 Å². The first-order valence-electron chi connectivity index (χ1n) is 6.25. The van der Waals surface area contributed by atoms with Gasteiger partial charge in [0.25, 0.3) is 5.91 Å². The summed E-state index contributed by atoms with van der Waals surface area (Å²) in [6.45, 7) is 1.49. The fourth-order valence-electron chi connectivity index (χ4n) is 2.27. The van der Waals surface area contributed by atoms with E-state index in [0.717, 1.165) is 19.3 Å². The van der Waals surface area contributed by atoms with E-state index in [-0.39, 0.29) is 30.4 Å². The molecule has 6 nitrogen and oxygen atoms in total. The molecule has 19 heavy (non-hydrogen) atoms. The topological polar surface area (TPSA) is 91.3 Å². The lowest BCUT2D eigenvalue weighted by molar-refractivity contribution is -0.114. The van der Waals surface area contributed by atoms with Gasteiger partial charge >= 0.3 is 0 Å². The molecule has 1 aromatic heterocycles. The fourth-order valence-corrected chi connectivity index (χ4v) is 3.01. The van der Waals surface area contributed by atoms with Crippen molar-refractivity contribution in [2.45, 2.75) is 32.2 Å². The molecule has 7 heteroatoms. The Morgan fingerprint density at radius 3 is 3.00 bits per heavy atom. The highest BCUT2D eigenvalue weighted by molar-refractivity contribution is 7.14. The number of aliphatic hydroxyl groups excluding tert-OH is 1. The standard InChI is InChI=1S/C12H17N3O3S/c1-7(17)13-12-15-10(6-19-12)11(18)14-9-4-2-3-8(9)5-16/h6,8-9,16H,2-5H2,1H3,(H,14,18)(H,13,15,17). The van der Waals surface area contributed by atoms with E-state index in [2.05, 4.69) is 15.6 Å². The van der Waals surface area contributed by atoms with E-state index in [1.54, 1.807) is 5.38 Å². The first kappa shape index (κ1) is 14.0. The zero-order chi connectivity index (χ0) is 13.8. The summed E-state index contributed by atoms with van der Waals surface area (Å²) in [4.78, 5) is 26.9. The van der Waals surface area contributed by atoms with Crippen LogP contribution in [0.5, 0.6) is 0 Å². The van der Waals surface area contributed by atoms with Crippen molar-refractivity contribution < 1.29 is 14.7 Å². The van der Waals surface area contributed by atoms with Crippen LogP contribution < -0.4 is 10.6 Å². The van der Waals surface area contributed by atoms with E-state index in [1.165, 1.54) is 18.3 Å². The van der Waals surface area contributed by atoms with Gasteiger partial charge in [-0.05, 0) is 12.8 Å². The molecule has 0 aliphatic heterocycles. The lowest BCUT2D eigenvalue weighted by atomic mass is 10.1. The third kappa shape index (κ3) is 3.51. The molecule has 1 heterocycles. The summed E-state index contributed by atoms with van der Waals surface area (Å²) < 4.78 is 0. The summed E-state index contributed by atoms with van der Waals surface area (Å²) >= 11 is 1.22. The van der Waals surface area contributed by atoms with Gasteiger partial charge in [-0.1, -0.05) is 6.42 Å². The maximum absolute atomic E-state index is 12.0. The number of nitrogens with zero attached hydrogens (tertiary/aromatic N) is 1. The van der Waals surface area contributed by atoms with Crippen LogP contribution in [0, 0.1) is 5.92 Å². The average molecular weight is 283 g/mol. The molecule has 1 aromatic rings. The lowest BCUT2D eigenvalue weighted by Gasteiger charge is -2.18. The second kappa shape index (κ2) is 6.12. The van der Waals surface area contributed by atoms with E-state index in [9.17, 15) is 14.7 Å². The highest BCUT2D eigenvalue weighted by Crippen LogP contribution is 2.25. The first-order valence-corrected chi connectivity index (χ1v) is 7.13. The van der Waals surface area contributed by atoms with Crippen LogP contribution in [0.2, 0.25) is 0 Å². The molecule has 1 aliphatic rings. The lowest BCUT2D eigenvalue weighted by Crippen LogP contribution is -2.38. The summed E-state index contributed by atoms with van der Waals surface area (Å²) in [7, 11) is 0. The van der Waals surface area contributed by atoms with Crippen molar-refractivity contribution in [3.05, 3.63) is 11.1 Å². The summed E-state index contributed by atoms with van der Waals surface area (Å²) in [6, 6.07) is 0.0171. The molecule has 104 valence electrons. The Morgan fingerprint density at radius 2 is 2.32 bits per heavy atom. The minimum atomic E-state index is -0.252. The van der Waals surface area contributed by atoms with Gasteiger partial charge in [0.1, 0.15) is 5.69 Å². The maximum atomic E-state index is 12.0. The third-order valence-corrected chi connectivity index (χ3v) is 3.99. The second-order valence-electron chi connectivity index (χ2n) is 4.67. The highest BCUT2D eigenvalue weighted by atomic mass is 32.1. The van der Waals surface area contributed by atoms with Crippen molar-refractivity contribution in [3.63, 3.8) is 0 Å². The van der Waals surface area contributed by atoms with Crippen LogP contribution in [0.25, 0.3) is 0 Å². The van der Waals surface area contributed by atoms with Crippen molar-refractivity contribution in [3.8, 4) is 0 Å². The minimum absolute atomic E-state index is 0.0171. The molecule has 1 fully saturated rings. The molecular formula is C12H17N3O3S. The molecule has 2 unspecified atom stereocenters. The third-order valence-electron chi connectivity index (χ3n) is 3.23. The predicted octanol–water partition coefficient (Wildman–Crippen LogP) is 0.992. The monoisotopic (exact) mass is 283 g/mol. The molecule has 3 N–H and O–H groups in total. The normalized spacial score (nSPS) is 22.2. The Bertz CT molecular complexity index is 475. The number of carbonyl (C=O) groups is 2. The fraction of sp³-hybridized carbons (Fsp3) is 0.583. The number of thiazole rings is 1. The quantitative estimate of drug-likeness (QED) is 0.768. The zero-order valence-electron chi connectivity index (χ0n) is 10.7. The molecule has 1 saturated carbocycles. The van der Waals surface area contributed by atoms with Gasteiger partial charge in [0.2, 0.25) is 5.91 Å². The van der Waals surface area contributed by atoms with E-state index in [1.807, 2.05) is 0 Å². The average Bonchev–Trinajstić information content (AvgIpc) is 2.97. The van der Waals surface area contributed by atoms with Crippen LogP contribution in [-0.4, -0.2) is 34.6 Å². The molecule has 0 bridgehead atoms. The summed E-state index contributed by atoms with van der Waals surface area (Å²) in [5, 5.41) is 16.7. The molecule has 2 atom stereocenters. The molecule has 1 aliphatic carbocycles. The van der Waals surface area contributed by atoms with E-state index in [0.29, 0.717) is 10.8 Å². The van der Waals surface area contributed by atoms with Crippen molar-refractivity contribution in [2.75, 3.05) is 11.9 Å². The molecule has 0 spiro atoms. The number of hydrogen-bond acceptors (Lipinski definition) is 5. The molecule has 0 aromatic carbocycles. The van der Waals surface area contributed by atoms with Crippen molar-refractivity contribution in [1.29, 1.82) is 0 Å². The van der Waals surface area contributed by atoms with Gasteiger partial charge in [-0.2, -0.15) is 0 Å². The number of nitrogens with one attached hydrogen (secondary N) is 2. The van der Waals surface area contributed by atoms with Gasteiger partial charge in [0.15, 0.2) is 5.13 Å². The summed E-state index contributed by atoms with van der Waals surface area (Å²) in [6.07, 6.45) is 2.85. The number of rotatable bonds is 4. The molecular weight excluding hydrogens is 266 g/mol. The largest absolute Gasteiger partial charge is 0.396 e. The van der Waals surface area contributed by atoms with Gasteiger partial charge < -0.3 is 15.7 Å². The zero-order valence-corrected chi connectivity index (χ0v) is 11.5. The molecule has 0 saturated heterocycles. The first-order chi connectivity index (χ1) is 9.10. The van der Waals surface area contributed by atoms with Crippen LogP contribution >= 0.6 is 11.3 Å². The summed E-state index contributed by atoms with van der Waals surface area (Å²) in [5.41, 5.74) is 0.303. The van der Waals surface area contributed by atoms with Gasteiger partial charge in [0, 0.05) is 30.9 Å². The van der Waals surface area contributed by atoms with Crippen LogP contribution in [0.1, 0.15) is 36.7 Å². The Labute approximate surface area is 115 Å². The second-order valence-corrected chi connectivity index (χ2v) is 5.53. The van der Waals surface area contributed by atoms with E-state index >= 15 is 0 Å². The minimum Gasteiger partial charge on any atom is -0.396 e. The molecule has 2 amide bonds. The predicted molar refractivity (Wildman–Crippen MR) is 72.1 cm³/mol. The number of hydrogen-bond donors (Lipinski definition) is 3.